The molecule has 0 aliphatic heterocycles. The molecule has 0 bridgehead atoms. The van der Waals surface area contributed by atoms with Gasteiger partial charge in [-0.3, -0.25) is 4.79 Å². The van der Waals surface area contributed by atoms with Crippen LogP contribution in [0.2, 0.25) is 0 Å². The average Bonchev–Trinajstić information content (AvgIpc) is 2.20. The van der Waals surface area contributed by atoms with E-state index in [4.69, 9.17) is 4.74 Å². The van der Waals surface area contributed by atoms with E-state index < -0.39 is 0 Å². The molecule has 4 heteroatoms. The van der Waals surface area contributed by atoms with Crippen molar-refractivity contribution in [1.29, 1.82) is 0 Å². The van der Waals surface area contributed by atoms with Gasteiger partial charge < -0.3 is 4.74 Å². The molecule has 2 nitrogen and oxygen atoms in total. The summed E-state index contributed by atoms with van der Waals surface area (Å²) in [6.07, 6.45) is 0.259. The molecule has 1 aromatic rings. The number of benzene rings is 1. The largest absolute Gasteiger partial charge is 0.496 e. The summed E-state index contributed by atoms with van der Waals surface area (Å²) in [5.41, 5.74) is 0.707. The fraction of sp³-hybridized carbons (Fsp3) is 0.300. The summed E-state index contributed by atoms with van der Waals surface area (Å²) in [5, 5.41) is 0.299. The van der Waals surface area contributed by atoms with E-state index in [0.717, 1.165) is 0 Å². The summed E-state index contributed by atoms with van der Waals surface area (Å²) >= 11 is 3.07. The summed E-state index contributed by atoms with van der Waals surface area (Å²) in [6, 6.07) is 4.16. The SMILES string of the molecule is COc1cc(F)ccc1CC(=O)CBr. The molecule has 0 radical (unpaired) electrons. The molecule has 0 fully saturated rings. The van der Waals surface area contributed by atoms with Crippen LogP contribution in [-0.2, 0) is 11.2 Å². The summed E-state index contributed by atoms with van der Waals surface area (Å²) in [5.74, 6) is 0.0890. The second-order valence-corrected chi connectivity index (χ2v) is 3.37. The molecular formula is C10H10BrFO2. The van der Waals surface area contributed by atoms with Gasteiger partial charge in [0.1, 0.15) is 17.3 Å². The third-order valence-corrected chi connectivity index (χ3v) is 2.41. The van der Waals surface area contributed by atoms with Gasteiger partial charge in [-0.2, -0.15) is 0 Å². The van der Waals surface area contributed by atoms with Gasteiger partial charge >= 0.3 is 0 Å². The minimum absolute atomic E-state index is 0.0370. The van der Waals surface area contributed by atoms with E-state index in [2.05, 4.69) is 15.9 Å². The summed E-state index contributed by atoms with van der Waals surface area (Å²) < 4.78 is 17.7. The van der Waals surface area contributed by atoms with Crippen molar-refractivity contribution in [3.8, 4) is 5.75 Å². The number of hydrogen-bond donors (Lipinski definition) is 0. The summed E-state index contributed by atoms with van der Waals surface area (Å²) in [7, 11) is 1.46. The van der Waals surface area contributed by atoms with E-state index in [1.165, 1.54) is 19.2 Å². The Labute approximate surface area is 90.2 Å². The molecule has 0 heterocycles. The van der Waals surface area contributed by atoms with Crippen molar-refractivity contribution >= 4 is 21.7 Å². The van der Waals surface area contributed by atoms with Gasteiger partial charge in [0, 0.05) is 18.1 Å². The van der Waals surface area contributed by atoms with Crippen LogP contribution in [0.4, 0.5) is 4.39 Å². The molecule has 1 aromatic carbocycles. The molecule has 0 atom stereocenters. The number of alkyl halides is 1. The van der Waals surface area contributed by atoms with Gasteiger partial charge in [0.15, 0.2) is 0 Å². The predicted octanol–water partition coefficient (Wildman–Crippen LogP) is 2.34. The highest BCUT2D eigenvalue weighted by Crippen LogP contribution is 2.20. The standard InChI is InChI=1S/C10H10BrFO2/c1-14-10-5-8(12)3-2-7(10)4-9(13)6-11/h2-3,5H,4,6H2,1H3. The van der Waals surface area contributed by atoms with Crippen LogP contribution in [0.3, 0.4) is 0 Å². The smallest absolute Gasteiger partial charge is 0.147 e. The Kier molecular flexibility index (Phi) is 4.07. The Balaban J connectivity index is 2.90. The number of carbonyl (C=O) groups excluding carboxylic acids is 1. The van der Waals surface area contributed by atoms with Crippen molar-refractivity contribution in [3.05, 3.63) is 29.6 Å². The minimum atomic E-state index is -0.364. The topological polar surface area (TPSA) is 26.3 Å². The molecular weight excluding hydrogens is 251 g/mol. The number of methoxy groups -OCH3 is 1. The number of halogens is 2. The minimum Gasteiger partial charge on any atom is -0.496 e. The number of Topliss-reactive ketones (excluding diaryl/α,β-unsaturated/α-hetero) is 1. The predicted molar refractivity (Wildman–Crippen MR) is 55.5 cm³/mol. The lowest BCUT2D eigenvalue weighted by atomic mass is 10.1. The Morgan fingerprint density at radius 2 is 2.29 bits per heavy atom. The zero-order valence-corrected chi connectivity index (χ0v) is 9.30. The lowest BCUT2D eigenvalue weighted by Gasteiger charge is -2.06. The molecule has 0 aromatic heterocycles. The van der Waals surface area contributed by atoms with Gasteiger partial charge in [-0.1, -0.05) is 22.0 Å². The summed E-state index contributed by atoms with van der Waals surface area (Å²) in [4.78, 5) is 11.1. The molecule has 0 unspecified atom stereocenters. The quantitative estimate of drug-likeness (QED) is 0.777. The molecule has 0 spiro atoms. The van der Waals surface area contributed by atoms with Gasteiger partial charge in [-0.15, -0.1) is 0 Å². The van der Waals surface area contributed by atoms with Crippen LogP contribution in [0.25, 0.3) is 0 Å². The third kappa shape index (κ3) is 2.80. The van der Waals surface area contributed by atoms with Crippen LogP contribution in [0, 0.1) is 5.82 Å². The van der Waals surface area contributed by atoms with E-state index in [-0.39, 0.29) is 18.0 Å². The zero-order chi connectivity index (χ0) is 10.6. The van der Waals surface area contributed by atoms with Crippen LogP contribution in [0.1, 0.15) is 5.56 Å². The van der Waals surface area contributed by atoms with Gasteiger partial charge in [-0.25, -0.2) is 4.39 Å². The van der Waals surface area contributed by atoms with Crippen LogP contribution in [-0.4, -0.2) is 18.2 Å². The molecule has 0 N–H and O–H groups in total. The lowest BCUT2D eigenvalue weighted by Crippen LogP contribution is -2.05. The highest BCUT2D eigenvalue weighted by Gasteiger charge is 2.08. The average molecular weight is 261 g/mol. The molecule has 14 heavy (non-hydrogen) atoms. The van der Waals surface area contributed by atoms with E-state index in [1.807, 2.05) is 0 Å². The molecule has 0 saturated heterocycles. The van der Waals surface area contributed by atoms with Crippen molar-refractivity contribution in [2.75, 3.05) is 12.4 Å². The number of rotatable bonds is 4. The van der Waals surface area contributed by atoms with Crippen molar-refractivity contribution < 1.29 is 13.9 Å². The fourth-order valence-electron chi connectivity index (χ4n) is 1.12. The first-order valence-electron chi connectivity index (χ1n) is 4.07. The second kappa shape index (κ2) is 5.10. The Hall–Kier alpha value is -0.900. The zero-order valence-electron chi connectivity index (χ0n) is 7.72. The van der Waals surface area contributed by atoms with Gasteiger partial charge in [0.25, 0.3) is 0 Å². The number of carbonyl (C=O) groups is 1. The Morgan fingerprint density at radius 3 is 2.86 bits per heavy atom. The van der Waals surface area contributed by atoms with Crippen molar-refractivity contribution in [2.45, 2.75) is 6.42 Å². The van der Waals surface area contributed by atoms with Crippen molar-refractivity contribution in [2.24, 2.45) is 0 Å². The fourth-order valence-corrected chi connectivity index (χ4v) is 1.32. The molecule has 76 valence electrons. The number of ether oxygens (including phenoxy) is 1. The molecule has 0 aliphatic rings. The number of hydrogen-bond acceptors (Lipinski definition) is 2. The van der Waals surface area contributed by atoms with Gasteiger partial charge in [0.05, 0.1) is 12.4 Å². The van der Waals surface area contributed by atoms with Gasteiger partial charge in [-0.05, 0) is 6.07 Å². The molecule has 0 saturated carbocycles. The highest BCUT2D eigenvalue weighted by molar-refractivity contribution is 9.09. The maximum atomic E-state index is 12.8. The molecule has 0 aliphatic carbocycles. The Bertz CT molecular complexity index is 339. The van der Waals surface area contributed by atoms with Gasteiger partial charge in [0.2, 0.25) is 0 Å². The Morgan fingerprint density at radius 1 is 1.57 bits per heavy atom. The van der Waals surface area contributed by atoms with Crippen LogP contribution < -0.4 is 4.74 Å². The van der Waals surface area contributed by atoms with E-state index >= 15 is 0 Å². The maximum Gasteiger partial charge on any atom is 0.147 e. The highest BCUT2D eigenvalue weighted by atomic mass is 79.9. The first-order chi connectivity index (χ1) is 6.67. The third-order valence-electron chi connectivity index (χ3n) is 1.79. The second-order valence-electron chi connectivity index (χ2n) is 2.81. The van der Waals surface area contributed by atoms with E-state index in [1.54, 1.807) is 6.07 Å². The molecule has 0 amide bonds. The van der Waals surface area contributed by atoms with E-state index in [0.29, 0.717) is 16.6 Å². The van der Waals surface area contributed by atoms with Crippen LogP contribution in [0.15, 0.2) is 18.2 Å². The molecule has 1 rings (SSSR count). The normalized spacial score (nSPS) is 9.93. The lowest BCUT2D eigenvalue weighted by molar-refractivity contribution is -0.115. The van der Waals surface area contributed by atoms with Crippen LogP contribution >= 0.6 is 15.9 Å². The maximum absolute atomic E-state index is 12.8. The van der Waals surface area contributed by atoms with Crippen molar-refractivity contribution in [3.63, 3.8) is 0 Å². The number of ketones is 1. The monoisotopic (exact) mass is 260 g/mol. The van der Waals surface area contributed by atoms with Crippen LogP contribution in [0.5, 0.6) is 5.75 Å². The van der Waals surface area contributed by atoms with E-state index in [9.17, 15) is 9.18 Å². The first kappa shape index (κ1) is 11.2. The summed E-state index contributed by atoms with van der Waals surface area (Å²) in [6.45, 7) is 0. The first-order valence-corrected chi connectivity index (χ1v) is 5.19. The van der Waals surface area contributed by atoms with Crippen molar-refractivity contribution in [1.82, 2.24) is 0 Å².